The van der Waals surface area contributed by atoms with Crippen LogP contribution in [0.5, 0.6) is 0 Å². The fraction of sp³-hybridized carbons (Fsp3) is 0.500. The second-order valence-electron chi connectivity index (χ2n) is 5.11. The van der Waals surface area contributed by atoms with Gasteiger partial charge in [0.15, 0.2) is 0 Å². The van der Waals surface area contributed by atoms with Crippen molar-refractivity contribution in [2.45, 2.75) is 32.6 Å². The summed E-state index contributed by atoms with van der Waals surface area (Å²) in [5, 5.41) is 11.5. The van der Waals surface area contributed by atoms with Gasteiger partial charge in [-0.15, -0.1) is 0 Å². The first kappa shape index (κ1) is 22.5. The van der Waals surface area contributed by atoms with Crippen molar-refractivity contribution in [3.05, 3.63) is 32.5 Å². The number of hydrogen-bond donors (Lipinski definition) is 0. The summed E-state index contributed by atoms with van der Waals surface area (Å²) in [7, 11) is 0. The summed E-state index contributed by atoms with van der Waals surface area (Å²) in [6.07, 6.45) is 0.314. The minimum absolute atomic E-state index is 0.0174. The second-order valence-corrected chi connectivity index (χ2v) is 6.02. The van der Waals surface area contributed by atoms with E-state index in [2.05, 4.69) is 20.9 Å². The number of nitro groups is 1. The van der Waals surface area contributed by atoms with E-state index >= 15 is 0 Å². The molecule has 10 nitrogen and oxygen atoms in total. The van der Waals surface area contributed by atoms with Crippen molar-refractivity contribution in [2.24, 2.45) is 0 Å². The Hall–Kier alpha value is -2.56. The Morgan fingerprint density at radius 2 is 1.63 bits per heavy atom. The van der Waals surface area contributed by atoms with Crippen LogP contribution in [-0.4, -0.2) is 47.6 Å². The zero-order valence-corrected chi connectivity index (χ0v) is 16.6. The van der Waals surface area contributed by atoms with Crippen LogP contribution < -0.4 is 0 Å². The first-order chi connectivity index (χ1) is 12.7. The Bertz CT molecular complexity index is 719. The van der Waals surface area contributed by atoms with Gasteiger partial charge in [-0.05, 0) is 36.7 Å². The number of aromatic nitrogens is 1. The number of carbonyl (C=O) groups excluding carboxylic acids is 3. The van der Waals surface area contributed by atoms with Gasteiger partial charge >= 0.3 is 17.9 Å². The highest BCUT2D eigenvalue weighted by molar-refractivity contribution is 9.10. The molecular formula is C16H19BrN2O8. The molecule has 27 heavy (non-hydrogen) atoms. The van der Waals surface area contributed by atoms with Gasteiger partial charge in [-0.2, -0.15) is 0 Å². The number of pyridine rings is 1. The molecule has 11 heteroatoms. The van der Waals surface area contributed by atoms with Crippen LogP contribution in [0.2, 0.25) is 0 Å². The van der Waals surface area contributed by atoms with E-state index in [1.54, 1.807) is 0 Å². The van der Waals surface area contributed by atoms with Gasteiger partial charge in [0.05, 0.1) is 31.2 Å². The minimum atomic E-state index is -2.47. The van der Waals surface area contributed by atoms with Crippen LogP contribution in [-0.2, 0) is 34.0 Å². The third-order valence-electron chi connectivity index (χ3n) is 3.40. The Morgan fingerprint density at radius 1 is 1.11 bits per heavy atom. The summed E-state index contributed by atoms with van der Waals surface area (Å²) in [4.78, 5) is 52.3. The van der Waals surface area contributed by atoms with E-state index in [1.807, 2.05) is 0 Å². The highest BCUT2D eigenvalue weighted by atomic mass is 79.9. The lowest BCUT2D eigenvalue weighted by atomic mass is 9.79. The number of hydrogen-bond acceptors (Lipinski definition) is 9. The lowest BCUT2D eigenvalue weighted by molar-refractivity contribution is -0.386. The van der Waals surface area contributed by atoms with E-state index in [4.69, 9.17) is 14.2 Å². The first-order valence-corrected chi connectivity index (χ1v) is 8.84. The second kappa shape index (κ2) is 9.95. The number of esters is 3. The highest BCUT2D eigenvalue weighted by Gasteiger charge is 2.57. The van der Waals surface area contributed by atoms with E-state index in [0.717, 1.165) is 6.07 Å². The summed E-state index contributed by atoms with van der Waals surface area (Å²) in [5.41, 5.74) is -3.67. The topological polar surface area (TPSA) is 135 Å². The van der Waals surface area contributed by atoms with Crippen molar-refractivity contribution in [1.29, 1.82) is 0 Å². The molecule has 0 N–H and O–H groups in total. The molecule has 0 saturated heterocycles. The average Bonchev–Trinajstić information content (AvgIpc) is 2.60. The number of rotatable bonds is 9. The molecule has 0 radical (unpaired) electrons. The molecule has 1 aromatic heterocycles. The quantitative estimate of drug-likeness (QED) is 0.183. The van der Waals surface area contributed by atoms with Crippen LogP contribution in [0.3, 0.4) is 0 Å². The van der Waals surface area contributed by atoms with E-state index < -0.39 is 46.0 Å². The van der Waals surface area contributed by atoms with Crippen LogP contribution in [0.4, 0.5) is 5.69 Å². The molecule has 0 amide bonds. The lowest BCUT2D eigenvalue weighted by Crippen LogP contribution is -2.49. The van der Waals surface area contributed by atoms with Gasteiger partial charge in [0.2, 0.25) is 5.41 Å². The molecular weight excluding hydrogens is 428 g/mol. The van der Waals surface area contributed by atoms with Crippen LogP contribution in [0.25, 0.3) is 0 Å². The SMILES string of the molecule is CCOC(=O)CC(C(=O)OCC)(C(=O)OCC)c1ncc(Br)cc1[N+](=O)[O-]. The minimum Gasteiger partial charge on any atom is -0.466 e. The van der Waals surface area contributed by atoms with E-state index in [-0.39, 0.29) is 24.3 Å². The van der Waals surface area contributed by atoms with Gasteiger partial charge in [0.25, 0.3) is 5.69 Å². The van der Waals surface area contributed by atoms with Gasteiger partial charge in [0.1, 0.15) is 5.69 Å². The Labute approximate surface area is 163 Å². The van der Waals surface area contributed by atoms with Crippen molar-refractivity contribution in [1.82, 2.24) is 4.98 Å². The molecule has 0 unspecified atom stereocenters. The molecule has 0 bridgehead atoms. The summed E-state index contributed by atoms with van der Waals surface area (Å²) < 4.78 is 15.0. The van der Waals surface area contributed by atoms with E-state index in [1.165, 1.54) is 27.0 Å². The van der Waals surface area contributed by atoms with Gasteiger partial charge in [-0.1, -0.05) is 0 Å². The zero-order chi connectivity index (χ0) is 20.6. The van der Waals surface area contributed by atoms with Crippen LogP contribution >= 0.6 is 15.9 Å². The smallest absolute Gasteiger partial charge is 0.330 e. The molecule has 0 fully saturated rings. The number of nitrogens with zero attached hydrogens (tertiary/aromatic N) is 2. The molecule has 148 valence electrons. The van der Waals surface area contributed by atoms with Gasteiger partial charge in [0, 0.05) is 16.7 Å². The monoisotopic (exact) mass is 446 g/mol. The standard InChI is InChI=1S/C16H19BrN2O8/c1-4-25-12(20)8-16(14(21)26-5-2,15(22)27-6-3)13-11(19(23)24)7-10(17)9-18-13/h7,9H,4-6,8H2,1-3H3. The van der Waals surface area contributed by atoms with Crippen LogP contribution in [0.15, 0.2) is 16.7 Å². The van der Waals surface area contributed by atoms with Gasteiger partial charge in [-0.25, -0.2) is 0 Å². The molecule has 0 aliphatic carbocycles. The van der Waals surface area contributed by atoms with E-state index in [0.29, 0.717) is 0 Å². The lowest BCUT2D eigenvalue weighted by Gasteiger charge is -2.27. The fourth-order valence-corrected chi connectivity index (χ4v) is 2.66. The largest absolute Gasteiger partial charge is 0.466 e. The molecule has 0 saturated carbocycles. The Morgan fingerprint density at radius 3 is 2.07 bits per heavy atom. The molecule has 0 aliphatic heterocycles. The molecule has 1 heterocycles. The summed E-state index contributed by atoms with van der Waals surface area (Å²) in [6, 6.07) is 1.07. The molecule has 0 atom stereocenters. The molecule has 1 aromatic rings. The average molecular weight is 447 g/mol. The van der Waals surface area contributed by atoms with Gasteiger partial charge < -0.3 is 14.2 Å². The Kier molecular flexibility index (Phi) is 8.29. The van der Waals surface area contributed by atoms with Crippen molar-refractivity contribution < 1.29 is 33.5 Å². The maximum atomic E-state index is 12.8. The number of ether oxygens (including phenoxy) is 3. The normalized spacial score (nSPS) is 10.8. The highest BCUT2D eigenvalue weighted by Crippen LogP contribution is 2.37. The predicted octanol–water partition coefficient (Wildman–Crippen LogP) is 2.07. The molecule has 0 aliphatic rings. The third-order valence-corrected chi connectivity index (χ3v) is 3.83. The summed E-state index contributed by atoms with van der Waals surface area (Å²) in [5.74, 6) is -3.30. The molecule has 0 aromatic carbocycles. The van der Waals surface area contributed by atoms with Crippen LogP contribution in [0, 0.1) is 10.1 Å². The van der Waals surface area contributed by atoms with Crippen molar-refractivity contribution in [3.63, 3.8) is 0 Å². The maximum absolute atomic E-state index is 12.8. The molecule has 1 rings (SSSR count). The number of halogens is 1. The summed E-state index contributed by atoms with van der Waals surface area (Å²) in [6.45, 7) is 4.23. The zero-order valence-electron chi connectivity index (χ0n) is 15.0. The molecule has 0 spiro atoms. The van der Waals surface area contributed by atoms with Crippen molar-refractivity contribution in [3.8, 4) is 0 Å². The van der Waals surface area contributed by atoms with Crippen LogP contribution in [0.1, 0.15) is 32.9 Å². The third kappa shape index (κ3) is 5.00. The Balaban J connectivity index is 3.78. The fourth-order valence-electron chi connectivity index (χ4n) is 2.34. The maximum Gasteiger partial charge on any atom is 0.330 e. The first-order valence-electron chi connectivity index (χ1n) is 8.04. The van der Waals surface area contributed by atoms with E-state index in [9.17, 15) is 24.5 Å². The van der Waals surface area contributed by atoms with Crippen molar-refractivity contribution >= 4 is 39.5 Å². The predicted molar refractivity (Wildman–Crippen MR) is 94.8 cm³/mol. The van der Waals surface area contributed by atoms with Gasteiger partial charge in [-0.3, -0.25) is 29.5 Å². The summed E-state index contributed by atoms with van der Waals surface area (Å²) >= 11 is 3.05. The number of carbonyl (C=O) groups is 3. The van der Waals surface area contributed by atoms with Crippen molar-refractivity contribution in [2.75, 3.05) is 19.8 Å².